The van der Waals surface area contributed by atoms with E-state index in [1.165, 1.54) is 0 Å². The Bertz CT molecular complexity index is 624. The van der Waals surface area contributed by atoms with Crippen molar-refractivity contribution in [3.8, 4) is 0 Å². The molecule has 0 radical (unpaired) electrons. The Kier molecular flexibility index (Phi) is 0.812. The number of nitrogens with zero attached hydrogens (tertiary/aromatic N) is 1. The minimum Gasteiger partial charge on any atom is -0.423 e. The normalized spacial score (nSPS) is 27.9. The van der Waals surface area contributed by atoms with Crippen molar-refractivity contribution in [2.75, 3.05) is 0 Å². The van der Waals surface area contributed by atoms with Gasteiger partial charge in [-0.25, -0.2) is 0 Å². The summed E-state index contributed by atoms with van der Waals surface area (Å²) >= 11 is 0. The highest BCUT2D eigenvalue weighted by molar-refractivity contribution is 6.58. The Morgan fingerprint density at radius 2 is 2.14 bits per heavy atom. The SMILES string of the molecule is [2H]C([2H])([2H])c1ncc(B(O)O)cc1C(C([2H])([2H])[2H])(C([2H])([2H])[2H])C([2H])([2H])[2H]. The summed E-state index contributed by atoms with van der Waals surface area (Å²) in [5, 5.41) is 18.5. The van der Waals surface area contributed by atoms with E-state index in [4.69, 9.17) is 16.4 Å². The molecular weight excluding hydrogens is 177 g/mol. The molecule has 2 N–H and O–H groups in total. The second kappa shape index (κ2) is 3.71. The number of hydrogen-bond donors (Lipinski definition) is 2. The van der Waals surface area contributed by atoms with Crippen molar-refractivity contribution in [3.05, 3.63) is 23.5 Å². The first-order valence-corrected chi connectivity index (χ1v) is 3.65. The van der Waals surface area contributed by atoms with Crippen LogP contribution in [0.1, 0.15) is 48.3 Å². The second-order valence-electron chi connectivity index (χ2n) is 2.79. The molecule has 1 heterocycles. The standard InChI is InChI=1S/C10H16BNO2/c1-7-9(10(2,3)4)5-8(6-12-7)11(13)14/h5-6,13-14H,1-4H3/i1D3,2D3,3D3,4D3. The van der Waals surface area contributed by atoms with Crippen LogP contribution < -0.4 is 5.46 Å². The van der Waals surface area contributed by atoms with Gasteiger partial charge in [-0.3, -0.25) is 4.98 Å². The van der Waals surface area contributed by atoms with Crippen molar-refractivity contribution in [2.24, 2.45) is 0 Å². The zero-order valence-corrected chi connectivity index (χ0v) is 7.07. The van der Waals surface area contributed by atoms with E-state index < -0.39 is 56.7 Å². The first kappa shape index (κ1) is 3.06. The van der Waals surface area contributed by atoms with E-state index in [1.807, 2.05) is 0 Å². The van der Waals surface area contributed by atoms with Gasteiger partial charge in [-0.05, 0) is 17.8 Å². The molecule has 0 aromatic carbocycles. The van der Waals surface area contributed by atoms with Gasteiger partial charge in [0.05, 0.1) is 0 Å². The van der Waals surface area contributed by atoms with Gasteiger partial charge in [-0.1, -0.05) is 26.6 Å². The summed E-state index contributed by atoms with van der Waals surface area (Å²) in [5.41, 5.74) is -6.34. The predicted octanol–water partition coefficient (Wildman–Crippen LogP) is 0.367. The average Bonchev–Trinajstić information content (AvgIpc) is 2.32. The van der Waals surface area contributed by atoms with Gasteiger partial charge in [0.25, 0.3) is 0 Å². The van der Waals surface area contributed by atoms with E-state index in [0.29, 0.717) is 12.3 Å². The maximum absolute atomic E-state index is 9.27. The van der Waals surface area contributed by atoms with Gasteiger partial charge in [0.1, 0.15) is 0 Å². The maximum atomic E-state index is 9.27. The third-order valence-electron chi connectivity index (χ3n) is 1.61. The summed E-state index contributed by atoms with van der Waals surface area (Å²) in [6.45, 7) is -14.3. The van der Waals surface area contributed by atoms with E-state index in [1.54, 1.807) is 0 Å². The van der Waals surface area contributed by atoms with E-state index in [2.05, 4.69) is 4.98 Å². The minimum absolute atomic E-state index is 0.546. The number of pyridine rings is 1. The number of aryl methyl sites for hydroxylation is 1. The lowest BCUT2D eigenvalue weighted by Crippen LogP contribution is -2.32. The quantitative estimate of drug-likeness (QED) is 0.651. The largest absolute Gasteiger partial charge is 0.490 e. The molecule has 76 valence electrons. The van der Waals surface area contributed by atoms with Crippen molar-refractivity contribution in [1.29, 1.82) is 0 Å². The van der Waals surface area contributed by atoms with E-state index >= 15 is 0 Å². The zero-order valence-electron chi connectivity index (χ0n) is 19.1. The van der Waals surface area contributed by atoms with Crippen molar-refractivity contribution in [2.45, 2.75) is 32.8 Å². The van der Waals surface area contributed by atoms with Crippen LogP contribution in [0.15, 0.2) is 12.3 Å². The third kappa shape index (κ3) is 2.33. The highest BCUT2D eigenvalue weighted by Gasteiger charge is 2.20. The van der Waals surface area contributed by atoms with Crippen molar-refractivity contribution >= 4 is 12.6 Å². The highest BCUT2D eigenvalue weighted by Crippen LogP contribution is 2.23. The molecule has 0 aliphatic heterocycles. The van der Waals surface area contributed by atoms with Gasteiger partial charge in [0.15, 0.2) is 0 Å². The molecule has 0 fully saturated rings. The van der Waals surface area contributed by atoms with E-state index in [9.17, 15) is 10.0 Å². The van der Waals surface area contributed by atoms with Gasteiger partial charge in [-0.15, -0.1) is 0 Å². The van der Waals surface area contributed by atoms with Crippen LogP contribution in [0.3, 0.4) is 0 Å². The molecule has 1 aromatic rings. The molecule has 3 nitrogen and oxygen atoms in total. The smallest absolute Gasteiger partial charge is 0.423 e. The summed E-state index contributed by atoms with van der Waals surface area (Å²) in [7, 11) is -2.26. The lowest BCUT2D eigenvalue weighted by molar-refractivity contribution is 0.425. The number of aromatic nitrogens is 1. The fourth-order valence-electron chi connectivity index (χ4n) is 0.908. The molecule has 0 unspecified atom stereocenters. The van der Waals surface area contributed by atoms with Crippen LogP contribution in [-0.2, 0) is 5.41 Å². The van der Waals surface area contributed by atoms with Crippen LogP contribution in [0.25, 0.3) is 0 Å². The first-order chi connectivity index (χ1) is 11.3. The average molecular weight is 205 g/mol. The molecule has 0 atom stereocenters. The molecule has 0 bridgehead atoms. The molecule has 0 saturated carbocycles. The van der Waals surface area contributed by atoms with Crippen molar-refractivity contribution in [3.63, 3.8) is 0 Å². The lowest BCUT2D eigenvalue weighted by atomic mass is 9.77. The Labute approximate surface area is 102 Å². The van der Waals surface area contributed by atoms with Crippen LogP contribution >= 0.6 is 0 Å². The molecule has 0 aliphatic rings. The van der Waals surface area contributed by atoms with E-state index in [0.717, 1.165) is 0 Å². The molecule has 0 saturated heterocycles. The van der Waals surface area contributed by atoms with Crippen LogP contribution in [0.5, 0.6) is 0 Å². The predicted molar refractivity (Wildman–Crippen MR) is 57.5 cm³/mol. The van der Waals surface area contributed by atoms with Gasteiger partial charge in [-0.2, -0.15) is 0 Å². The van der Waals surface area contributed by atoms with Gasteiger partial charge in [0, 0.05) is 33.8 Å². The maximum Gasteiger partial charge on any atom is 0.490 e. The zero-order chi connectivity index (χ0) is 20.9. The fraction of sp³-hybridized carbons (Fsp3) is 0.500. The van der Waals surface area contributed by atoms with Crippen molar-refractivity contribution in [1.82, 2.24) is 4.98 Å². The number of hydrogen-bond acceptors (Lipinski definition) is 3. The number of rotatable bonds is 1. The third-order valence-corrected chi connectivity index (χ3v) is 1.61. The molecule has 1 rings (SSSR count). The Hall–Kier alpha value is -0.865. The Morgan fingerprint density at radius 3 is 2.64 bits per heavy atom. The van der Waals surface area contributed by atoms with Crippen LogP contribution in [0.2, 0.25) is 0 Å². The molecular formula is C10H16BNO2. The lowest BCUT2D eigenvalue weighted by Gasteiger charge is -2.21. The molecule has 0 spiro atoms. The summed E-state index contributed by atoms with van der Waals surface area (Å²) < 4.78 is 91.2. The topological polar surface area (TPSA) is 53.4 Å². The molecule has 0 amide bonds. The van der Waals surface area contributed by atoms with E-state index in [-0.39, 0.29) is 0 Å². The molecule has 0 aliphatic carbocycles. The van der Waals surface area contributed by atoms with Crippen LogP contribution in [-0.4, -0.2) is 22.2 Å². The van der Waals surface area contributed by atoms with Gasteiger partial charge in [0.2, 0.25) is 0 Å². The first-order valence-electron chi connectivity index (χ1n) is 9.65. The Balaban J connectivity index is 4.20. The summed E-state index contributed by atoms with van der Waals surface area (Å²) in [6.07, 6.45) is 0.694. The fourth-order valence-corrected chi connectivity index (χ4v) is 0.908. The van der Waals surface area contributed by atoms with Gasteiger partial charge >= 0.3 is 7.12 Å². The van der Waals surface area contributed by atoms with Crippen LogP contribution in [0.4, 0.5) is 0 Å². The summed E-state index contributed by atoms with van der Waals surface area (Å²) in [6, 6.07) is 0.546. The van der Waals surface area contributed by atoms with Gasteiger partial charge < -0.3 is 10.0 Å². The monoisotopic (exact) mass is 205 g/mol. The molecule has 4 heteroatoms. The minimum atomic E-state index is -3.70. The molecule has 1 aromatic heterocycles. The summed E-state index contributed by atoms with van der Waals surface area (Å²) in [4.78, 5) is 3.45. The molecule has 14 heavy (non-hydrogen) atoms. The second-order valence-corrected chi connectivity index (χ2v) is 2.79. The Morgan fingerprint density at radius 1 is 1.43 bits per heavy atom. The van der Waals surface area contributed by atoms with Crippen molar-refractivity contribution < 1.29 is 26.5 Å². The van der Waals surface area contributed by atoms with Crippen LogP contribution in [0, 0.1) is 6.85 Å². The highest BCUT2D eigenvalue weighted by atomic mass is 16.4. The summed E-state index contributed by atoms with van der Waals surface area (Å²) in [5.74, 6) is 0.